The molecule has 0 aliphatic carbocycles. The van der Waals surface area contributed by atoms with Crippen molar-refractivity contribution in [3.8, 4) is 5.75 Å². The predicted molar refractivity (Wildman–Crippen MR) is 101 cm³/mol. The third kappa shape index (κ3) is 3.29. The third-order valence-electron chi connectivity index (χ3n) is 4.60. The van der Waals surface area contributed by atoms with Crippen molar-refractivity contribution in [2.75, 3.05) is 12.4 Å². The van der Waals surface area contributed by atoms with E-state index in [-0.39, 0.29) is 23.4 Å². The van der Waals surface area contributed by atoms with Crippen LogP contribution in [0, 0.1) is 5.92 Å². The van der Waals surface area contributed by atoms with Gasteiger partial charge in [0.15, 0.2) is 0 Å². The number of likely N-dealkylation sites (tertiary alicyclic amines) is 1. The average molecular weight is 352 g/mol. The lowest BCUT2D eigenvalue weighted by Gasteiger charge is -2.53. The second kappa shape index (κ2) is 6.83. The van der Waals surface area contributed by atoms with Crippen molar-refractivity contribution in [2.45, 2.75) is 32.4 Å². The van der Waals surface area contributed by atoms with Crippen LogP contribution in [0.15, 0.2) is 54.6 Å². The molecule has 26 heavy (non-hydrogen) atoms. The summed E-state index contributed by atoms with van der Waals surface area (Å²) in [6, 6.07) is 16.4. The molecule has 1 N–H and O–H groups in total. The Kier molecular flexibility index (Phi) is 4.72. The number of hydrogen-bond acceptors (Lipinski definition) is 3. The molecule has 1 saturated heterocycles. The summed E-state index contributed by atoms with van der Waals surface area (Å²) in [6.07, 6.45) is 0. The second-order valence-corrected chi connectivity index (χ2v) is 7.43. The molecule has 2 aromatic rings. The van der Waals surface area contributed by atoms with Gasteiger partial charge < -0.3 is 15.0 Å². The number of methoxy groups -OCH3 is 1. The van der Waals surface area contributed by atoms with Crippen LogP contribution in [0.2, 0.25) is 0 Å². The number of ether oxygens (including phenoxy) is 1. The van der Waals surface area contributed by atoms with E-state index in [1.165, 1.54) is 0 Å². The summed E-state index contributed by atoms with van der Waals surface area (Å²) in [6.45, 7) is 5.94. The molecule has 2 amide bonds. The Hall–Kier alpha value is -2.82. The van der Waals surface area contributed by atoms with E-state index in [2.05, 4.69) is 5.32 Å². The molecule has 2 unspecified atom stereocenters. The number of amides is 2. The standard InChI is InChI=1S/C21H24N2O3/c1-21(2,3)23-18(14-10-12-16(26-4)13-11-14)17(20(23)25)19(24)22-15-8-6-5-7-9-15/h5-13,17-18H,1-4H3,(H,22,24). The van der Waals surface area contributed by atoms with Gasteiger partial charge in [0.2, 0.25) is 11.8 Å². The number of para-hydroxylation sites is 1. The fraction of sp³-hybridized carbons (Fsp3) is 0.333. The summed E-state index contributed by atoms with van der Waals surface area (Å²) in [7, 11) is 1.61. The first kappa shape index (κ1) is 18.0. The molecule has 136 valence electrons. The molecular weight excluding hydrogens is 328 g/mol. The molecule has 2 atom stereocenters. The molecule has 0 aromatic heterocycles. The first-order valence-electron chi connectivity index (χ1n) is 8.66. The molecule has 5 nitrogen and oxygen atoms in total. The summed E-state index contributed by atoms with van der Waals surface area (Å²) in [5.41, 5.74) is 1.24. The minimum Gasteiger partial charge on any atom is -0.497 e. The van der Waals surface area contributed by atoms with Gasteiger partial charge in [0.25, 0.3) is 0 Å². The molecular formula is C21H24N2O3. The van der Waals surface area contributed by atoms with Crippen molar-refractivity contribution in [1.82, 2.24) is 4.90 Å². The van der Waals surface area contributed by atoms with Gasteiger partial charge in [-0.2, -0.15) is 0 Å². The van der Waals surface area contributed by atoms with E-state index in [1.807, 2.05) is 75.4 Å². The van der Waals surface area contributed by atoms with Crippen molar-refractivity contribution in [2.24, 2.45) is 5.92 Å². The summed E-state index contributed by atoms with van der Waals surface area (Å²) >= 11 is 0. The minimum atomic E-state index is -0.733. The predicted octanol–water partition coefficient (Wildman–Crippen LogP) is 3.63. The summed E-state index contributed by atoms with van der Waals surface area (Å²) in [5, 5.41) is 2.86. The van der Waals surface area contributed by atoms with Gasteiger partial charge in [0.05, 0.1) is 13.2 Å². The van der Waals surface area contributed by atoms with Gasteiger partial charge in [-0.3, -0.25) is 9.59 Å². The Morgan fingerprint density at radius 3 is 2.19 bits per heavy atom. The normalized spacial score (nSPS) is 19.7. The van der Waals surface area contributed by atoms with Gasteiger partial charge in [0, 0.05) is 11.2 Å². The van der Waals surface area contributed by atoms with Crippen LogP contribution in [0.4, 0.5) is 5.69 Å². The van der Waals surface area contributed by atoms with Crippen molar-refractivity contribution >= 4 is 17.5 Å². The number of β-lactam (4-membered cyclic amide) rings is 1. The Labute approximate surface area is 154 Å². The third-order valence-corrected chi connectivity index (χ3v) is 4.60. The molecule has 0 saturated carbocycles. The number of nitrogens with one attached hydrogen (secondary N) is 1. The van der Waals surface area contributed by atoms with Crippen LogP contribution in [0.5, 0.6) is 5.75 Å². The fourth-order valence-corrected chi connectivity index (χ4v) is 3.38. The fourth-order valence-electron chi connectivity index (χ4n) is 3.38. The van der Waals surface area contributed by atoms with Crippen LogP contribution >= 0.6 is 0 Å². The molecule has 5 heteroatoms. The molecule has 1 fully saturated rings. The Balaban J connectivity index is 1.89. The van der Waals surface area contributed by atoms with Crippen LogP contribution in [-0.2, 0) is 9.59 Å². The molecule has 2 aromatic carbocycles. The van der Waals surface area contributed by atoms with Crippen LogP contribution in [0.25, 0.3) is 0 Å². The number of benzene rings is 2. The Bertz CT molecular complexity index is 794. The van der Waals surface area contributed by atoms with Crippen molar-refractivity contribution in [3.63, 3.8) is 0 Å². The molecule has 1 aliphatic heterocycles. The van der Waals surface area contributed by atoms with E-state index in [4.69, 9.17) is 4.74 Å². The number of hydrogen-bond donors (Lipinski definition) is 1. The number of carbonyl (C=O) groups is 2. The quantitative estimate of drug-likeness (QED) is 0.675. The average Bonchev–Trinajstić information content (AvgIpc) is 2.59. The van der Waals surface area contributed by atoms with E-state index < -0.39 is 5.92 Å². The van der Waals surface area contributed by atoms with Crippen LogP contribution in [0.1, 0.15) is 32.4 Å². The second-order valence-electron chi connectivity index (χ2n) is 7.43. The molecule has 1 aliphatic rings. The number of nitrogens with zero attached hydrogens (tertiary/aromatic N) is 1. The first-order valence-corrected chi connectivity index (χ1v) is 8.66. The largest absolute Gasteiger partial charge is 0.497 e. The van der Waals surface area contributed by atoms with Crippen LogP contribution in [0.3, 0.4) is 0 Å². The molecule has 0 bridgehead atoms. The zero-order valence-corrected chi connectivity index (χ0v) is 15.5. The van der Waals surface area contributed by atoms with Crippen LogP contribution in [-0.4, -0.2) is 29.4 Å². The van der Waals surface area contributed by atoms with Gasteiger partial charge in [-0.05, 0) is 50.6 Å². The number of anilines is 1. The zero-order valence-electron chi connectivity index (χ0n) is 15.5. The first-order chi connectivity index (χ1) is 12.3. The van der Waals surface area contributed by atoms with E-state index >= 15 is 0 Å². The smallest absolute Gasteiger partial charge is 0.239 e. The molecule has 3 rings (SSSR count). The Morgan fingerprint density at radius 2 is 1.65 bits per heavy atom. The lowest BCUT2D eigenvalue weighted by Crippen LogP contribution is -2.65. The maximum atomic E-state index is 12.8. The van der Waals surface area contributed by atoms with Crippen LogP contribution < -0.4 is 10.1 Å². The van der Waals surface area contributed by atoms with E-state index in [1.54, 1.807) is 12.0 Å². The maximum absolute atomic E-state index is 12.8. The summed E-state index contributed by atoms with van der Waals surface area (Å²) < 4.78 is 5.21. The summed E-state index contributed by atoms with van der Waals surface area (Å²) in [5.74, 6) is -0.413. The monoisotopic (exact) mass is 352 g/mol. The molecule has 0 radical (unpaired) electrons. The molecule has 0 spiro atoms. The number of rotatable bonds is 4. The van der Waals surface area contributed by atoms with E-state index in [9.17, 15) is 9.59 Å². The van der Waals surface area contributed by atoms with Gasteiger partial charge in [-0.25, -0.2) is 0 Å². The number of carbonyl (C=O) groups excluding carboxylic acids is 2. The van der Waals surface area contributed by atoms with Gasteiger partial charge in [-0.1, -0.05) is 30.3 Å². The van der Waals surface area contributed by atoms with Gasteiger partial charge in [-0.15, -0.1) is 0 Å². The van der Waals surface area contributed by atoms with Crippen molar-refractivity contribution in [3.05, 3.63) is 60.2 Å². The minimum absolute atomic E-state index is 0.147. The highest BCUT2D eigenvalue weighted by atomic mass is 16.5. The highest BCUT2D eigenvalue weighted by molar-refractivity contribution is 6.11. The van der Waals surface area contributed by atoms with Gasteiger partial charge in [0.1, 0.15) is 11.7 Å². The van der Waals surface area contributed by atoms with E-state index in [0.29, 0.717) is 5.69 Å². The van der Waals surface area contributed by atoms with Crippen molar-refractivity contribution < 1.29 is 14.3 Å². The lowest BCUT2D eigenvalue weighted by atomic mass is 9.78. The highest BCUT2D eigenvalue weighted by Gasteiger charge is 2.55. The maximum Gasteiger partial charge on any atom is 0.239 e. The topological polar surface area (TPSA) is 58.6 Å². The zero-order chi connectivity index (χ0) is 18.9. The summed E-state index contributed by atoms with van der Waals surface area (Å²) in [4.78, 5) is 27.4. The molecule has 1 heterocycles. The lowest BCUT2D eigenvalue weighted by molar-refractivity contribution is -0.169. The SMILES string of the molecule is COc1ccc(C2C(C(=O)Nc3ccccc3)C(=O)N2C(C)(C)C)cc1. The Morgan fingerprint density at radius 1 is 1.04 bits per heavy atom. The van der Waals surface area contributed by atoms with Gasteiger partial charge >= 0.3 is 0 Å². The van der Waals surface area contributed by atoms with Crippen molar-refractivity contribution in [1.29, 1.82) is 0 Å². The highest BCUT2D eigenvalue weighted by Crippen LogP contribution is 2.45. The van der Waals surface area contributed by atoms with E-state index in [0.717, 1.165) is 11.3 Å².